The maximum Gasteiger partial charge on any atom is 0.310 e. The summed E-state index contributed by atoms with van der Waals surface area (Å²) in [5.74, 6) is -0.137. The van der Waals surface area contributed by atoms with Crippen LogP contribution in [-0.4, -0.2) is 50.7 Å². The number of rotatable bonds is 3. The second-order valence-corrected chi connectivity index (χ2v) is 5.49. The van der Waals surface area contributed by atoms with Crippen molar-refractivity contribution in [2.75, 3.05) is 39.8 Å². The molecule has 1 aliphatic rings. The quantitative estimate of drug-likeness (QED) is 0.723. The van der Waals surface area contributed by atoms with Crippen molar-refractivity contribution >= 4 is 5.97 Å². The topological polar surface area (TPSA) is 41.6 Å². The van der Waals surface area contributed by atoms with Gasteiger partial charge in [-0.25, -0.2) is 0 Å². The van der Waals surface area contributed by atoms with Crippen LogP contribution < -0.4 is 5.32 Å². The zero-order valence-corrected chi connectivity index (χ0v) is 10.9. The third-order valence-corrected chi connectivity index (χ3v) is 3.18. The van der Waals surface area contributed by atoms with Gasteiger partial charge in [0.25, 0.3) is 0 Å². The van der Waals surface area contributed by atoms with E-state index in [0.717, 1.165) is 32.7 Å². The Balaban J connectivity index is 2.59. The average molecular weight is 228 g/mol. The van der Waals surface area contributed by atoms with Gasteiger partial charge < -0.3 is 10.1 Å². The van der Waals surface area contributed by atoms with Crippen molar-refractivity contribution in [2.45, 2.75) is 20.8 Å². The minimum atomic E-state index is -0.0916. The van der Waals surface area contributed by atoms with Crippen LogP contribution in [0.5, 0.6) is 0 Å². The molecule has 16 heavy (non-hydrogen) atoms. The van der Waals surface area contributed by atoms with Crippen LogP contribution in [0.4, 0.5) is 0 Å². The zero-order valence-electron chi connectivity index (χ0n) is 10.9. The normalized spacial score (nSPS) is 20.5. The summed E-state index contributed by atoms with van der Waals surface area (Å²) in [7, 11) is 1.47. The molecule has 1 rings (SSSR count). The van der Waals surface area contributed by atoms with Crippen LogP contribution in [0.2, 0.25) is 0 Å². The van der Waals surface area contributed by atoms with Crippen LogP contribution in [0.3, 0.4) is 0 Å². The van der Waals surface area contributed by atoms with Gasteiger partial charge in [0.05, 0.1) is 13.0 Å². The fraction of sp³-hybridized carbons (Fsp3) is 0.917. The minimum Gasteiger partial charge on any atom is -0.469 e. The summed E-state index contributed by atoms with van der Waals surface area (Å²) in [5, 5.41) is 3.31. The fourth-order valence-corrected chi connectivity index (χ4v) is 2.00. The van der Waals surface area contributed by atoms with Crippen LogP contribution in [0.25, 0.3) is 0 Å². The van der Waals surface area contributed by atoms with Gasteiger partial charge in [0.2, 0.25) is 0 Å². The predicted molar refractivity (Wildman–Crippen MR) is 64.3 cm³/mol. The lowest BCUT2D eigenvalue weighted by molar-refractivity contribution is -0.150. The Kier molecular flexibility index (Phi) is 4.74. The zero-order chi connectivity index (χ0) is 12.2. The molecule has 94 valence electrons. The van der Waals surface area contributed by atoms with Gasteiger partial charge in [-0.15, -0.1) is 0 Å². The first-order valence-electron chi connectivity index (χ1n) is 5.96. The number of hydrogen-bond acceptors (Lipinski definition) is 4. The lowest BCUT2D eigenvalue weighted by atomic mass is 9.80. The van der Waals surface area contributed by atoms with E-state index in [9.17, 15) is 4.79 Å². The van der Waals surface area contributed by atoms with E-state index < -0.39 is 0 Å². The third-order valence-electron chi connectivity index (χ3n) is 3.18. The summed E-state index contributed by atoms with van der Waals surface area (Å²) < 4.78 is 4.90. The van der Waals surface area contributed by atoms with Crippen molar-refractivity contribution in [2.24, 2.45) is 11.3 Å². The fourth-order valence-electron chi connectivity index (χ4n) is 2.00. The van der Waals surface area contributed by atoms with Gasteiger partial charge in [-0.2, -0.15) is 0 Å². The number of nitrogens with one attached hydrogen (secondary N) is 1. The molecule has 0 bridgehead atoms. The molecule has 0 aliphatic carbocycles. The van der Waals surface area contributed by atoms with Crippen molar-refractivity contribution in [3.63, 3.8) is 0 Å². The van der Waals surface area contributed by atoms with Crippen LogP contribution >= 0.6 is 0 Å². The molecule has 1 aliphatic heterocycles. The number of hydrogen-bond donors (Lipinski definition) is 1. The maximum absolute atomic E-state index is 11.8. The lowest BCUT2D eigenvalue weighted by Crippen LogP contribution is -2.48. The summed E-state index contributed by atoms with van der Waals surface area (Å²) in [4.78, 5) is 14.1. The summed E-state index contributed by atoms with van der Waals surface area (Å²) in [6.07, 6.45) is 0. The highest BCUT2D eigenvalue weighted by molar-refractivity contribution is 5.73. The maximum atomic E-state index is 11.8. The van der Waals surface area contributed by atoms with Crippen molar-refractivity contribution in [1.29, 1.82) is 0 Å². The van der Waals surface area contributed by atoms with E-state index in [2.05, 4.69) is 31.0 Å². The number of nitrogens with zero attached hydrogens (tertiary/aromatic N) is 1. The van der Waals surface area contributed by atoms with Crippen LogP contribution in [0.15, 0.2) is 0 Å². The number of esters is 1. The van der Waals surface area contributed by atoms with E-state index in [1.165, 1.54) is 7.11 Å². The average Bonchev–Trinajstić information content (AvgIpc) is 2.25. The molecule has 0 saturated carbocycles. The summed E-state index contributed by atoms with van der Waals surface area (Å²) in [5.41, 5.74) is -0.0437. The predicted octanol–water partition coefficient (Wildman–Crippen LogP) is 0.727. The Labute approximate surface area is 98.3 Å². The summed E-state index contributed by atoms with van der Waals surface area (Å²) in [6, 6.07) is 0. The highest BCUT2D eigenvalue weighted by Gasteiger charge is 2.33. The van der Waals surface area contributed by atoms with Crippen molar-refractivity contribution < 1.29 is 9.53 Å². The first kappa shape index (κ1) is 13.5. The van der Waals surface area contributed by atoms with Crippen molar-refractivity contribution in [3.05, 3.63) is 0 Å². The number of piperazine rings is 1. The van der Waals surface area contributed by atoms with Crippen molar-refractivity contribution in [1.82, 2.24) is 10.2 Å². The van der Waals surface area contributed by atoms with E-state index in [4.69, 9.17) is 4.74 Å². The molecule has 0 aromatic carbocycles. The second-order valence-electron chi connectivity index (χ2n) is 5.49. The second kappa shape index (κ2) is 5.64. The molecular formula is C12H24N2O2. The van der Waals surface area contributed by atoms with Crippen LogP contribution in [-0.2, 0) is 9.53 Å². The first-order chi connectivity index (χ1) is 7.45. The number of methoxy groups -OCH3 is 1. The molecule has 0 aromatic heterocycles. The van der Waals surface area contributed by atoms with Crippen molar-refractivity contribution in [3.8, 4) is 0 Å². The Morgan fingerprint density at radius 2 is 1.94 bits per heavy atom. The molecule has 4 heteroatoms. The van der Waals surface area contributed by atoms with Gasteiger partial charge in [0.1, 0.15) is 0 Å². The van der Waals surface area contributed by atoms with Gasteiger partial charge in [-0.3, -0.25) is 9.69 Å². The van der Waals surface area contributed by atoms with Gasteiger partial charge >= 0.3 is 5.97 Å². The van der Waals surface area contributed by atoms with E-state index >= 15 is 0 Å². The van der Waals surface area contributed by atoms with Gasteiger partial charge in [-0.05, 0) is 5.41 Å². The highest BCUT2D eigenvalue weighted by Crippen LogP contribution is 2.27. The smallest absolute Gasteiger partial charge is 0.310 e. The summed E-state index contributed by atoms with van der Waals surface area (Å²) >= 11 is 0. The van der Waals surface area contributed by atoms with Gasteiger partial charge in [-0.1, -0.05) is 20.8 Å². The molecule has 1 fully saturated rings. The molecule has 0 amide bonds. The molecule has 1 N–H and O–H groups in total. The third kappa shape index (κ3) is 3.76. The molecule has 4 nitrogen and oxygen atoms in total. The monoisotopic (exact) mass is 228 g/mol. The number of ether oxygens (including phenoxy) is 1. The molecule has 0 spiro atoms. The molecule has 1 unspecified atom stereocenters. The Morgan fingerprint density at radius 1 is 1.38 bits per heavy atom. The van der Waals surface area contributed by atoms with E-state index in [1.54, 1.807) is 0 Å². The molecule has 0 radical (unpaired) electrons. The van der Waals surface area contributed by atoms with E-state index in [0.29, 0.717) is 0 Å². The lowest BCUT2D eigenvalue weighted by Gasteiger charge is -2.35. The molecular weight excluding hydrogens is 204 g/mol. The highest BCUT2D eigenvalue weighted by atomic mass is 16.5. The van der Waals surface area contributed by atoms with Crippen LogP contribution in [0.1, 0.15) is 20.8 Å². The first-order valence-corrected chi connectivity index (χ1v) is 5.96. The van der Waals surface area contributed by atoms with E-state index in [-0.39, 0.29) is 17.3 Å². The molecule has 1 atom stereocenters. The molecule has 1 heterocycles. The Hall–Kier alpha value is -0.610. The molecule has 1 saturated heterocycles. The standard InChI is InChI=1S/C12H24N2O2/c1-12(2,3)10(11(15)16-4)9-14-7-5-13-6-8-14/h10,13H,5-9H2,1-4H3. The van der Waals surface area contributed by atoms with Gasteiger partial charge in [0.15, 0.2) is 0 Å². The Bertz CT molecular complexity index is 230. The van der Waals surface area contributed by atoms with Crippen LogP contribution in [0, 0.1) is 11.3 Å². The van der Waals surface area contributed by atoms with E-state index in [1.807, 2.05) is 0 Å². The van der Waals surface area contributed by atoms with Gasteiger partial charge in [0, 0.05) is 32.7 Å². The number of carbonyl (C=O) groups is 1. The largest absolute Gasteiger partial charge is 0.469 e. The summed E-state index contributed by atoms with van der Waals surface area (Å²) in [6.45, 7) is 11.1. The minimum absolute atomic E-state index is 0.0437. The Morgan fingerprint density at radius 3 is 2.38 bits per heavy atom. The SMILES string of the molecule is COC(=O)C(CN1CCNCC1)C(C)(C)C. The number of carbonyl (C=O) groups excluding carboxylic acids is 1. The molecule has 0 aromatic rings.